The molecule has 3 rings (SSSR count). The van der Waals surface area contributed by atoms with Crippen LogP contribution in [0.4, 0.5) is 0 Å². The Morgan fingerprint density at radius 2 is 1.96 bits per heavy atom. The highest BCUT2D eigenvalue weighted by molar-refractivity contribution is 5.94. The summed E-state index contributed by atoms with van der Waals surface area (Å²) in [4.78, 5) is 15.0. The molecule has 1 aliphatic rings. The second-order valence-electron chi connectivity index (χ2n) is 8.13. The van der Waals surface area contributed by atoms with E-state index in [2.05, 4.69) is 29.3 Å². The fourth-order valence-corrected chi connectivity index (χ4v) is 3.73. The summed E-state index contributed by atoms with van der Waals surface area (Å²) in [5, 5.41) is 3.02. The third-order valence-electron chi connectivity index (χ3n) is 5.32. The number of hydrogen-bond donors (Lipinski definition) is 1. The third-order valence-corrected chi connectivity index (χ3v) is 5.32. The van der Waals surface area contributed by atoms with Gasteiger partial charge >= 0.3 is 0 Å². The van der Waals surface area contributed by atoms with Crippen LogP contribution in [0.3, 0.4) is 0 Å². The number of ether oxygens (including phenoxy) is 1. The van der Waals surface area contributed by atoms with E-state index in [0.717, 1.165) is 23.8 Å². The Hall–Kier alpha value is -2.33. The molecule has 1 heterocycles. The van der Waals surface area contributed by atoms with Gasteiger partial charge in [0.2, 0.25) is 0 Å². The highest BCUT2D eigenvalue weighted by Crippen LogP contribution is 2.18. The van der Waals surface area contributed by atoms with Crippen molar-refractivity contribution in [2.75, 3.05) is 19.7 Å². The topological polar surface area (TPSA) is 41.6 Å². The lowest BCUT2D eigenvalue weighted by Gasteiger charge is -2.30. The van der Waals surface area contributed by atoms with Gasteiger partial charge in [0.15, 0.2) is 0 Å². The maximum Gasteiger partial charge on any atom is 0.251 e. The molecule has 4 nitrogen and oxygen atoms in total. The first-order valence-corrected chi connectivity index (χ1v) is 10.3. The van der Waals surface area contributed by atoms with Crippen LogP contribution in [0.2, 0.25) is 0 Å². The van der Waals surface area contributed by atoms with E-state index in [-0.39, 0.29) is 11.9 Å². The van der Waals surface area contributed by atoms with Crippen LogP contribution in [0, 0.1) is 12.8 Å². The van der Waals surface area contributed by atoms with Gasteiger partial charge in [-0.25, -0.2) is 0 Å². The number of benzene rings is 2. The summed E-state index contributed by atoms with van der Waals surface area (Å²) in [5.41, 5.74) is 3.06. The molecule has 2 atom stereocenters. The number of aryl methyl sites for hydroxylation is 1. The Bertz CT molecular complexity index is 772. The molecule has 2 aromatic carbocycles. The molecular weight excluding hydrogens is 348 g/mol. The summed E-state index contributed by atoms with van der Waals surface area (Å²) in [7, 11) is 0. The van der Waals surface area contributed by atoms with Gasteiger partial charge < -0.3 is 10.1 Å². The SMILES string of the molecule is Cc1ccccc1OC[C@@H](C)NC(=O)c1ccc(CN2CCC[C@H](C)C2)cc1. The van der Waals surface area contributed by atoms with Crippen LogP contribution in [0.5, 0.6) is 5.75 Å². The van der Waals surface area contributed by atoms with Crippen molar-refractivity contribution in [2.24, 2.45) is 5.92 Å². The lowest BCUT2D eigenvalue weighted by atomic mass is 9.99. The zero-order chi connectivity index (χ0) is 19.9. The lowest BCUT2D eigenvalue weighted by Crippen LogP contribution is -2.36. The van der Waals surface area contributed by atoms with Crippen LogP contribution < -0.4 is 10.1 Å². The Balaban J connectivity index is 1.48. The van der Waals surface area contributed by atoms with Gasteiger partial charge in [-0.3, -0.25) is 9.69 Å². The molecule has 2 aromatic rings. The number of rotatable bonds is 7. The predicted molar refractivity (Wildman–Crippen MR) is 114 cm³/mol. The zero-order valence-corrected chi connectivity index (χ0v) is 17.3. The van der Waals surface area contributed by atoms with Crippen LogP contribution in [0.15, 0.2) is 48.5 Å². The lowest BCUT2D eigenvalue weighted by molar-refractivity contribution is 0.0926. The molecule has 0 bridgehead atoms. The number of carbonyl (C=O) groups excluding carboxylic acids is 1. The van der Waals surface area contributed by atoms with Crippen LogP contribution in [0.1, 0.15) is 48.2 Å². The van der Waals surface area contributed by atoms with Gasteiger partial charge in [-0.1, -0.05) is 37.3 Å². The van der Waals surface area contributed by atoms with Crippen molar-refractivity contribution in [2.45, 2.75) is 46.2 Å². The first-order chi connectivity index (χ1) is 13.5. The summed E-state index contributed by atoms with van der Waals surface area (Å²) in [6, 6.07) is 15.8. The molecule has 1 N–H and O–H groups in total. The number of likely N-dealkylation sites (tertiary alicyclic amines) is 1. The number of nitrogens with one attached hydrogen (secondary N) is 1. The molecule has 0 unspecified atom stereocenters. The van der Waals surface area contributed by atoms with E-state index < -0.39 is 0 Å². The number of para-hydroxylation sites is 1. The first-order valence-electron chi connectivity index (χ1n) is 10.3. The molecule has 1 saturated heterocycles. The smallest absolute Gasteiger partial charge is 0.251 e. The molecule has 0 aliphatic carbocycles. The molecule has 1 fully saturated rings. The quantitative estimate of drug-likeness (QED) is 0.773. The summed E-state index contributed by atoms with van der Waals surface area (Å²) in [5.74, 6) is 1.58. The number of amides is 1. The number of hydrogen-bond acceptors (Lipinski definition) is 3. The van der Waals surface area contributed by atoms with Crippen molar-refractivity contribution < 1.29 is 9.53 Å². The molecule has 28 heavy (non-hydrogen) atoms. The van der Waals surface area contributed by atoms with Gasteiger partial charge in [0.25, 0.3) is 5.91 Å². The van der Waals surface area contributed by atoms with Gasteiger partial charge in [-0.05, 0) is 68.5 Å². The molecule has 1 aliphatic heterocycles. The Morgan fingerprint density at radius 3 is 2.68 bits per heavy atom. The van der Waals surface area contributed by atoms with E-state index in [1.807, 2.05) is 50.2 Å². The first kappa shape index (κ1) is 20.4. The summed E-state index contributed by atoms with van der Waals surface area (Å²) >= 11 is 0. The highest BCUT2D eigenvalue weighted by Gasteiger charge is 2.16. The van der Waals surface area contributed by atoms with E-state index in [0.29, 0.717) is 12.2 Å². The average molecular weight is 381 g/mol. The zero-order valence-electron chi connectivity index (χ0n) is 17.3. The molecule has 150 valence electrons. The molecule has 0 radical (unpaired) electrons. The van der Waals surface area contributed by atoms with Crippen LogP contribution >= 0.6 is 0 Å². The van der Waals surface area contributed by atoms with Crippen molar-refractivity contribution in [3.63, 3.8) is 0 Å². The van der Waals surface area contributed by atoms with Gasteiger partial charge in [-0.2, -0.15) is 0 Å². The molecule has 0 spiro atoms. The van der Waals surface area contributed by atoms with Crippen molar-refractivity contribution in [3.8, 4) is 5.75 Å². The predicted octanol–water partition coefficient (Wildman–Crippen LogP) is 4.42. The molecular formula is C24H32N2O2. The van der Waals surface area contributed by atoms with Crippen LogP contribution in [0.25, 0.3) is 0 Å². The highest BCUT2D eigenvalue weighted by atomic mass is 16.5. The summed E-state index contributed by atoms with van der Waals surface area (Å²) in [6.07, 6.45) is 2.62. The second-order valence-corrected chi connectivity index (χ2v) is 8.13. The van der Waals surface area contributed by atoms with Crippen LogP contribution in [-0.2, 0) is 6.54 Å². The van der Waals surface area contributed by atoms with Crippen molar-refractivity contribution in [1.29, 1.82) is 0 Å². The van der Waals surface area contributed by atoms with E-state index >= 15 is 0 Å². The van der Waals surface area contributed by atoms with E-state index in [9.17, 15) is 4.79 Å². The van der Waals surface area contributed by atoms with E-state index in [1.54, 1.807) is 0 Å². The average Bonchev–Trinajstić information content (AvgIpc) is 2.68. The number of piperidine rings is 1. The third kappa shape index (κ3) is 5.83. The maximum atomic E-state index is 12.5. The Kier molecular flexibility index (Phi) is 7.10. The van der Waals surface area contributed by atoms with Crippen LogP contribution in [-0.4, -0.2) is 36.5 Å². The normalized spacial score (nSPS) is 18.5. The minimum atomic E-state index is -0.0679. The van der Waals surface area contributed by atoms with Gasteiger partial charge in [0.05, 0.1) is 6.04 Å². The minimum Gasteiger partial charge on any atom is -0.491 e. The summed E-state index contributed by atoms with van der Waals surface area (Å²) < 4.78 is 5.83. The van der Waals surface area contributed by atoms with Crippen molar-refractivity contribution in [1.82, 2.24) is 10.2 Å². The molecule has 0 aromatic heterocycles. The number of nitrogens with zero attached hydrogens (tertiary/aromatic N) is 1. The monoisotopic (exact) mass is 380 g/mol. The molecule has 1 amide bonds. The van der Waals surface area contributed by atoms with Crippen molar-refractivity contribution >= 4 is 5.91 Å². The minimum absolute atomic E-state index is 0.0565. The summed E-state index contributed by atoms with van der Waals surface area (Å²) in [6.45, 7) is 10.1. The van der Waals surface area contributed by atoms with Gasteiger partial charge in [-0.15, -0.1) is 0 Å². The fraction of sp³-hybridized carbons (Fsp3) is 0.458. The second kappa shape index (κ2) is 9.74. The van der Waals surface area contributed by atoms with E-state index in [1.165, 1.54) is 31.5 Å². The molecule has 0 saturated carbocycles. The number of carbonyl (C=O) groups is 1. The maximum absolute atomic E-state index is 12.5. The van der Waals surface area contributed by atoms with Gasteiger partial charge in [0.1, 0.15) is 12.4 Å². The largest absolute Gasteiger partial charge is 0.491 e. The standard InChI is InChI=1S/C24H32N2O2/c1-18-7-6-14-26(15-18)16-21-10-12-22(13-11-21)24(27)25-20(3)17-28-23-9-5-4-8-19(23)2/h4-5,8-13,18,20H,6-7,14-17H2,1-3H3,(H,25,27)/t18-,20+/m0/s1. The fourth-order valence-electron chi connectivity index (χ4n) is 3.73. The van der Waals surface area contributed by atoms with E-state index in [4.69, 9.17) is 4.74 Å². The van der Waals surface area contributed by atoms with Crippen molar-refractivity contribution in [3.05, 3.63) is 65.2 Å². The molecule has 4 heteroatoms. The Labute approximate surface area is 168 Å². The van der Waals surface area contributed by atoms with Gasteiger partial charge in [0, 0.05) is 18.7 Å². The Morgan fingerprint density at radius 1 is 1.21 bits per heavy atom.